The van der Waals surface area contributed by atoms with Crippen LogP contribution in [0.1, 0.15) is 35.4 Å². The van der Waals surface area contributed by atoms with Crippen molar-refractivity contribution in [2.45, 2.75) is 45.2 Å². The van der Waals surface area contributed by atoms with Gasteiger partial charge >= 0.3 is 0 Å². The molecule has 1 N–H and O–H groups in total. The zero-order valence-electron chi connectivity index (χ0n) is 11.4. The van der Waals surface area contributed by atoms with Gasteiger partial charge in [-0.3, -0.25) is 0 Å². The molecule has 2 aromatic rings. The summed E-state index contributed by atoms with van der Waals surface area (Å²) in [5, 5.41) is 3.49. The number of hydrogen-bond donors (Lipinski definition) is 1. The number of nitrogens with zero attached hydrogens (tertiary/aromatic N) is 1. The third kappa shape index (κ3) is 3.24. The molecular weight excluding hydrogens is 236 g/mol. The van der Waals surface area contributed by atoms with E-state index >= 15 is 0 Å². The van der Waals surface area contributed by atoms with E-state index in [4.69, 9.17) is 4.42 Å². The molecule has 1 heterocycles. The second-order valence-corrected chi connectivity index (χ2v) is 5.30. The van der Waals surface area contributed by atoms with Gasteiger partial charge < -0.3 is 9.73 Å². The topological polar surface area (TPSA) is 38.1 Å². The zero-order valence-corrected chi connectivity index (χ0v) is 11.4. The van der Waals surface area contributed by atoms with Crippen LogP contribution in [0.4, 0.5) is 0 Å². The van der Waals surface area contributed by atoms with Gasteiger partial charge in [-0.05, 0) is 37.3 Å². The summed E-state index contributed by atoms with van der Waals surface area (Å²) in [6, 6.07) is 9.23. The molecule has 3 heteroatoms. The Morgan fingerprint density at radius 1 is 1.26 bits per heavy atom. The number of aromatic nitrogens is 1. The van der Waals surface area contributed by atoms with Crippen LogP contribution in [0.2, 0.25) is 0 Å². The molecule has 1 saturated carbocycles. The molecule has 0 unspecified atom stereocenters. The van der Waals surface area contributed by atoms with Crippen LogP contribution in [0.3, 0.4) is 0 Å². The third-order valence-electron chi connectivity index (χ3n) is 3.74. The molecular formula is C16H20N2O. The largest absolute Gasteiger partial charge is 0.448 e. The van der Waals surface area contributed by atoms with Crippen LogP contribution in [0.25, 0.3) is 0 Å². The summed E-state index contributed by atoms with van der Waals surface area (Å²) in [5.74, 6) is 1.02. The Balaban J connectivity index is 1.60. The third-order valence-corrected chi connectivity index (χ3v) is 3.74. The Hall–Kier alpha value is -1.61. The summed E-state index contributed by atoms with van der Waals surface area (Å²) in [4.78, 5) is 4.32. The fourth-order valence-corrected chi connectivity index (χ4v) is 2.31. The molecule has 1 fully saturated rings. The van der Waals surface area contributed by atoms with E-state index < -0.39 is 0 Å². The van der Waals surface area contributed by atoms with Gasteiger partial charge in [-0.2, -0.15) is 0 Å². The quantitative estimate of drug-likeness (QED) is 0.863. The van der Waals surface area contributed by atoms with Gasteiger partial charge in [0, 0.05) is 19.0 Å². The van der Waals surface area contributed by atoms with E-state index in [0.29, 0.717) is 6.04 Å². The van der Waals surface area contributed by atoms with Crippen molar-refractivity contribution in [3.05, 3.63) is 53.2 Å². The lowest BCUT2D eigenvalue weighted by molar-refractivity contribution is 0.497. The fraction of sp³-hybridized carbons (Fsp3) is 0.438. The van der Waals surface area contributed by atoms with E-state index in [1.165, 1.54) is 24.0 Å². The number of oxazole rings is 1. The highest BCUT2D eigenvalue weighted by atomic mass is 16.3. The molecule has 0 aliphatic heterocycles. The van der Waals surface area contributed by atoms with Crippen molar-refractivity contribution in [1.82, 2.24) is 10.3 Å². The summed E-state index contributed by atoms with van der Waals surface area (Å²) < 4.78 is 5.53. The minimum absolute atomic E-state index is 0.709. The first-order chi connectivity index (χ1) is 9.33. The van der Waals surface area contributed by atoms with Crippen LogP contribution >= 0.6 is 0 Å². The highest BCUT2D eigenvalue weighted by Gasteiger charge is 2.21. The number of hydrogen-bond acceptors (Lipinski definition) is 3. The molecule has 0 saturated heterocycles. The normalized spacial score (nSPS) is 14.8. The minimum atomic E-state index is 0.709. The SMILES string of the molecule is Cc1ccccc1CCc1ocnc1CNC1CC1. The molecule has 1 aliphatic rings. The lowest BCUT2D eigenvalue weighted by Crippen LogP contribution is -2.16. The minimum Gasteiger partial charge on any atom is -0.448 e. The van der Waals surface area contributed by atoms with Crippen molar-refractivity contribution in [2.24, 2.45) is 0 Å². The molecule has 0 atom stereocenters. The van der Waals surface area contributed by atoms with Crippen molar-refractivity contribution in [3.63, 3.8) is 0 Å². The van der Waals surface area contributed by atoms with Crippen LogP contribution in [-0.2, 0) is 19.4 Å². The Morgan fingerprint density at radius 2 is 2.11 bits per heavy atom. The maximum atomic E-state index is 5.53. The van der Waals surface area contributed by atoms with E-state index in [9.17, 15) is 0 Å². The van der Waals surface area contributed by atoms with Crippen molar-refractivity contribution in [2.75, 3.05) is 0 Å². The van der Waals surface area contributed by atoms with Crippen LogP contribution in [0.15, 0.2) is 35.1 Å². The van der Waals surface area contributed by atoms with E-state index in [1.54, 1.807) is 6.39 Å². The van der Waals surface area contributed by atoms with Gasteiger partial charge in [-0.1, -0.05) is 24.3 Å². The number of aryl methyl sites for hydroxylation is 3. The molecule has 0 amide bonds. The van der Waals surface area contributed by atoms with Gasteiger partial charge in [0.1, 0.15) is 5.76 Å². The average molecular weight is 256 g/mol. The second-order valence-electron chi connectivity index (χ2n) is 5.30. The monoisotopic (exact) mass is 256 g/mol. The average Bonchev–Trinajstić information content (AvgIpc) is 3.14. The van der Waals surface area contributed by atoms with Crippen LogP contribution in [0.5, 0.6) is 0 Å². The molecule has 19 heavy (non-hydrogen) atoms. The highest BCUT2D eigenvalue weighted by molar-refractivity contribution is 5.26. The molecule has 3 nitrogen and oxygen atoms in total. The van der Waals surface area contributed by atoms with Crippen molar-refractivity contribution in [3.8, 4) is 0 Å². The van der Waals surface area contributed by atoms with Crippen molar-refractivity contribution in [1.29, 1.82) is 0 Å². The first-order valence-electron chi connectivity index (χ1n) is 7.02. The molecule has 0 bridgehead atoms. The summed E-state index contributed by atoms with van der Waals surface area (Å²) in [6.45, 7) is 3.00. The Kier molecular flexibility index (Phi) is 3.65. The summed E-state index contributed by atoms with van der Waals surface area (Å²) in [7, 11) is 0. The molecule has 0 spiro atoms. The summed E-state index contributed by atoms with van der Waals surface area (Å²) >= 11 is 0. The molecule has 3 rings (SSSR count). The van der Waals surface area contributed by atoms with Crippen LogP contribution in [-0.4, -0.2) is 11.0 Å². The Labute approximate surface area is 114 Å². The lowest BCUT2D eigenvalue weighted by atomic mass is 10.0. The number of rotatable bonds is 6. The van der Waals surface area contributed by atoms with Gasteiger partial charge in [0.25, 0.3) is 0 Å². The van der Waals surface area contributed by atoms with Gasteiger partial charge in [-0.25, -0.2) is 4.98 Å². The predicted octanol–water partition coefficient (Wildman–Crippen LogP) is 3.02. The first-order valence-corrected chi connectivity index (χ1v) is 7.02. The summed E-state index contributed by atoms with van der Waals surface area (Å²) in [5.41, 5.74) is 3.81. The Bertz CT molecular complexity index is 543. The van der Waals surface area contributed by atoms with Crippen molar-refractivity contribution >= 4 is 0 Å². The molecule has 100 valence electrons. The van der Waals surface area contributed by atoms with Gasteiger partial charge in [0.15, 0.2) is 6.39 Å². The lowest BCUT2D eigenvalue weighted by Gasteiger charge is -2.05. The number of nitrogens with one attached hydrogen (secondary N) is 1. The van der Waals surface area contributed by atoms with Crippen molar-refractivity contribution < 1.29 is 4.42 Å². The van der Waals surface area contributed by atoms with Crippen LogP contribution in [0, 0.1) is 6.92 Å². The highest BCUT2D eigenvalue weighted by Crippen LogP contribution is 2.20. The zero-order chi connectivity index (χ0) is 13.1. The second kappa shape index (κ2) is 5.57. The smallest absolute Gasteiger partial charge is 0.181 e. The molecule has 0 radical (unpaired) electrons. The Morgan fingerprint density at radius 3 is 2.89 bits per heavy atom. The first kappa shape index (κ1) is 12.4. The standard InChI is InChI=1S/C16H20N2O/c1-12-4-2-3-5-13(12)6-9-16-15(18-11-19-16)10-17-14-7-8-14/h2-5,11,14,17H,6-10H2,1H3. The van der Waals surface area contributed by atoms with Gasteiger partial charge in [0.2, 0.25) is 0 Å². The fourth-order valence-electron chi connectivity index (χ4n) is 2.31. The maximum Gasteiger partial charge on any atom is 0.181 e. The van der Waals surface area contributed by atoms with Crippen LogP contribution < -0.4 is 5.32 Å². The molecule has 1 aromatic heterocycles. The summed E-state index contributed by atoms with van der Waals surface area (Å²) in [6.07, 6.45) is 6.11. The molecule has 1 aromatic carbocycles. The molecule has 1 aliphatic carbocycles. The maximum absolute atomic E-state index is 5.53. The van der Waals surface area contributed by atoms with E-state index in [-0.39, 0.29) is 0 Å². The van der Waals surface area contributed by atoms with E-state index in [1.807, 2.05) is 0 Å². The predicted molar refractivity (Wildman–Crippen MR) is 75.0 cm³/mol. The number of benzene rings is 1. The van der Waals surface area contributed by atoms with E-state index in [0.717, 1.165) is 30.8 Å². The van der Waals surface area contributed by atoms with Gasteiger partial charge in [0.05, 0.1) is 5.69 Å². The van der Waals surface area contributed by atoms with Gasteiger partial charge in [-0.15, -0.1) is 0 Å². The van der Waals surface area contributed by atoms with E-state index in [2.05, 4.69) is 41.5 Å².